The van der Waals surface area contributed by atoms with Crippen molar-refractivity contribution in [3.8, 4) is 67.9 Å². The van der Waals surface area contributed by atoms with Gasteiger partial charge in [-0.3, -0.25) is 0 Å². The first-order chi connectivity index (χ1) is 27.8. The number of aromatic nitrogens is 3. The molecule has 0 saturated carbocycles. The molecule has 0 amide bonds. The molecule has 9 rings (SSSR count). The van der Waals surface area contributed by atoms with Crippen LogP contribution in [0.1, 0.15) is 31.9 Å². The van der Waals surface area contributed by atoms with Gasteiger partial charge in [-0.2, -0.15) is 5.26 Å². The molecule has 0 spiro atoms. The zero-order valence-corrected chi connectivity index (χ0v) is 31.9. The fraction of sp³-hybridized carbons (Fsp3) is 0.0769. The quantitative estimate of drug-likeness (QED) is 0.160. The first-order valence-corrected chi connectivity index (χ1v) is 19.0. The largest absolute Gasteiger partial charge is 0.308 e. The van der Waals surface area contributed by atoms with E-state index >= 15 is 0 Å². The van der Waals surface area contributed by atoms with E-state index in [1.165, 1.54) is 5.56 Å². The van der Waals surface area contributed by atoms with Gasteiger partial charge in [0, 0.05) is 38.6 Å². The molecule has 5 nitrogen and oxygen atoms in total. The number of para-hydroxylation sites is 1. The van der Waals surface area contributed by atoms with Crippen LogP contribution in [0.2, 0.25) is 0 Å². The minimum absolute atomic E-state index is 0.0396. The molecule has 57 heavy (non-hydrogen) atoms. The molecule has 7 aromatic carbocycles. The van der Waals surface area contributed by atoms with Crippen LogP contribution in [0.4, 0.5) is 5.69 Å². The zero-order chi connectivity index (χ0) is 39.1. The SMILES string of the molecule is [C-]#[N+]c1cccc(-c2cc(-c3cc(-c4ccccc4)nc(-c4ccccc4)n3)cc(-c3cccc(C#N)c3)c2-n2c3ccccc3c3cc(C(C)(C)C)ccc32)c1. The van der Waals surface area contributed by atoms with Crippen LogP contribution in [0, 0.1) is 17.9 Å². The highest BCUT2D eigenvalue weighted by atomic mass is 15.0. The van der Waals surface area contributed by atoms with Crippen molar-refractivity contribution >= 4 is 27.5 Å². The Kier molecular flexibility index (Phi) is 8.77. The molecule has 0 N–H and O–H groups in total. The van der Waals surface area contributed by atoms with Gasteiger partial charge in [0.05, 0.1) is 46.3 Å². The molecule has 9 aromatic rings. The first-order valence-electron chi connectivity index (χ1n) is 19.0. The molecule has 0 unspecified atom stereocenters. The maximum atomic E-state index is 10.1. The summed E-state index contributed by atoms with van der Waals surface area (Å²) >= 11 is 0. The van der Waals surface area contributed by atoms with E-state index in [0.29, 0.717) is 17.1 Å². The zero-order valence-electron chi connectivity index (χ0n) is 31.9. The summed E-state index contributed by atoms with van der Waals surface area (Å²) in [7, 11) is 0. The van der Waals surface area contributed by atoms with Gasteiger partial charge in [-0.05, 0) is 76.7 Å². The lowest BCUT2D eigenvalue weighted by Gasteiger charge is -2.22. The van der Waals surface area contributed by atoms with Crippen LogP contribution in [0.5, 0.6) is 0 Å². The Bertz CT molecular complexity index is 2930. The summed E-state index contributed by atoms with van der Waals surface area (Å²) in [6, 6.07) is 60.0. The second-order valence-electron chi connectivity index (χ2n) is 15.3. The molecule has 0 radical (unpaired) electrons. The molecule has 0 aliphatic rings. The molecule has 0 fully saturated rings. The van der Waals surface area contributed by atoms with E-state index < -0.39 is 0 Å². The summed E-state index contributed by atoms with van der Waals surface area (Å²) in [5, 5.41) is 12.4. The predicted octanol–water partition coefficient (Wildman–Crippen LogP) is 13.6. The maximum absolute atomic E-state index is 10.1. The minimum atomic E-state index is -0.0396. The van der Waals surface area contributed by atoms with Gasteiger partial charge in [0.1, 0.15) is 0 Å². The lowest BCUT2D eigenvalue weighted by molar-refractivity contribution is 0.591. The monoisotopic (exact) mass is 731 g/mol. The average Bonchev–Trinajstić information content (AvgIpc) is 3.59. The smallest absolute Gasteiger partial charge is 0.187 e. The third kappa shape index (κ3) is 6.52. The normalized spacial score (nSPS) is 11.4. The van der Waals surface area contributed by atoms with Gasteiger partial charge in [-0.15, -0.1) is 0 Å². The molecule has 0 bridgehead atoms. The van der Waals surface area contributed by atoms with Gasteiger partial charge in [0.25, 0.3) is 0 Å². The fourth-order valence-corrected chi connectivity index (χ4v) is 7.71. The van der Waals surface area contributed by atoms with Crippen molar-refractivity contribution in [1.82, 2.24) is 14.5 Å². The molecule has 0 aliphatic heterocycles. The van der Waals surface area contributed by atoms with Crippen LogP contribution < -0.4 is 0 Å². The van der Waals surface area contributed by atoms with Gasteiger partial charge >= 0.3 is 0 Å². The summed E-state index contributed by atoms with van der Waals surface area (Å²) < 4.78 is 2.36. The van der Waals surface area contributed by atoms with E-state index in [0.717, 1.165) is 77.8 Å². The van der Waals surface area contributed by atoms with E-state index in [9.17, 15) is 5.26 Å². The highest BCUT2D eigenvalue weighted by Gasteiger charge is 2.24. The third-order valence-corrected chi connectivity index (χ3v) is 10.6. The Morgan fingerprint density at radius 3 is 1.82 bits per heavy atom. The number of hydrogen-bond donors (Lipinski definition) is 0. The van der Waals surface area contributed by atoms with Crippen LogP contribution in [0.3, 0.4) is 0 Å². The standard InChI is InChI=1S/C52H37N5/c1-52(2,3)40-25-26-49-45(31-40)42-23-11-12-24-48(42)57(49)50-43(37-20-13-15-34(27-37)33-53)29-39(30-44(50)38-21-14-22-41(28-38)54-4)47-32-46(35-16-7-5-8-17-35)55-51(56-47)36-18-9-6-10-19-36/h5-32H,1-3H3. The molecule has 0 saturated heterocycles. The molecule has 0 aliphatic carbocycles. The molecular weight excluding hydrogens is 695 g/mol. The summed E-state index contributed by atoms with van der Waals surface area (Å²) in [5.41, 5.74) is 13.4. The second-order valence-corrected chi connectivity index (χ2v) is 15.3. The topological polar surface area (TPSA) is 58.9 Å². The second kappa shape index (κ2) is 14.2. The summed E-state index contributed by atoms with van der Waals surface area (Å²) in [6.45, 7) is 14.7. The fourth-order valence-electron chi connectivity index (χ4n) is 7.71. The van der Waals surface area contributed by atoms with Crippen molar-refractivity contribution < 1.29 is 0 Å². The van der Waals surface area contributed by atoms with E-state index in [2.05, 4.69) is 121 Å². The van der Waals surface area contributed by atoms with Gasteiger partial charge in [0.15, 0.2) is 11.5 Å². The third-order valence-electron chi connectivity index (χ3n) is 10.6. The van der Waals surface area contributed by atoms with E-state index in [-0.39, 0.29) is 5.41 Å². The van der Waals surface area contributed by atoms with E-state index in [1.54, 1.807) is 0 Å². The maximum Gasteiger partial charge on any atom is 0.187 e. The number of nitrogens with zero attached hydrogens (tertiary/aromatic N) is 5. The summed E-state index contributed by atoms with van der Waals surface area (Å²) in [5.74, 6) is 0.623. The Labute approximate surface area is 332 Å². The number of fused-ring (bicyclic) bond motifs is 3. The Morgan fingerprint density at radius 2 is 1.14 bits per heavy atom. The minimum Gasteiger partial charge on any atom is -0.308 e. The predicted molar refractivity (Wildman–Crippen MR) is 233 cm³/mol. The van der Waals surface area contributed by atoms with Crippen molar-refractivity contribution in [2.24, 2.45) is 0 Å². The average molecular weight is 732 g/mol. The van der Waals surface area contributed by atoms with Crippen LogP contribution in [-0.4, -0.2) is 14.5 Å². The Balaban J connectivity index is 1.43. The lowest BCUT2D eigenvalue weighted by atomic mass is 9.86. The van der Waals surface area contributed by atoms with Gasteiger partial charge in [0.2, 0.25) is 0 Å². The Hall–Kier alpha value is -7.60. The van der Waals surface area contributed by atoms with E-state index in [1.807, 2.05) is 84.9 Å². The highest BCUT2D eigenvalue weighted by molar-refractivity contribution is 6.11. The van der Waals surface area contributed by atoms with E-state index in [4.69, 9.17) is 16.5 Å². The van der Waals surface area contributed by atoms with Crippen LogP contribution in [-0.2, 0) is 5.41 Å². The first kappa shape index (κ1) is 35.1. The van der Waals surface area contributed by atoms with Crippen molar-refractivity contribution in [3.05, 3.63) is 192 Å². The Morgan fingerprint density at radius 1 is 0.544 bits per heavy atom. The number of hydrogen-bond acceptors (Lipinski definition) is 3. The summed E-state index contributed by atoms with van der Waals surface area (Å²) in [4.78, 5) is 14.2. The number of benzene rings is 7. The van der Waals surface area contributed by atoms with Crippen LogP contribution in [0.15, 0.2) is 170 Å². The van der Waals surface area contributed by atoms with Crippen molar-refractivity contribution in [2.75, 3.05) is 0 Å². The molecule has 270 valence electrons. The van der Waals surface area contributed by atoms with Crippen molar-refractivity contribution in [3.63, 3.8) is 0 Å². The molecule has 2 heterocycles. The van der Waals surface area contributed by atoms with Gasteiger partial charge < -0.3 is 4.57 Å². The summed E-state index contributed by atoms with van der Waals surface area (Å²) in [6.07, 6.45) is 0. The van der Waals surface area contributed by atoms with Crippen molar-refractivity contribution in [1.29, 1.82) is 5.26 Å². The van der Waals surface area contributed by atoms with Gasteiger partial charge in [-0.1, -0.05) is 136 Å². The van der Waals surface area contributed by atoms with Crippen molar-refractivity contribution in [2.45, 2.75) is 26.2 Å². The number of nitriles is 1. The highest BCUT2D eigenvalue weighted by Crippen LogP contribution is 2.45. The molecule has 2 aromatic heterocycles. The van der Waals surface area contributed by atoms with Gasteiger partial charge in [-0.25, -0.2) is 14.8 Å². The van der Waals surface area contributed by atoms with Crippen LogP contribution in [0.25, 0.3) is 88.5 Å². The number of rotatable bonds is 6. The van der Waals surface area contributed by atoms with Crippen LogP contribution >= 0.6 is 0 Å². The molecule has 5 heteroatoms. The molecular formula is C52H37N5. The lowest BCUT2D eigenvalue weighted by Crippen LogP contribution is -2.10. The molecule has 0 atom stereocenters.